The topological polar surface area (TPSA) is 79.4 Å². The van der Waals surface area contributed by atoms with Crippen LogP contribution in [0, 0.1) is 5.82 Å². The van der Waals surface area contributed by atoms with E-state index in [4.69, 9.17) is 4.74 Å². The average molecular weight is 331 g/mol. The van der Waals surface area contributed by atoms with Crippen LogP contribution >= 0.6 is 0 Å². The van der Waals surface area contributed by atoms with E-state index in [1.807, 2.05) is 4.90 Å². The molecule has 1 aliphatic rings. The zero-order valence-electron chi connectivity index (χ0n) is 13.2. The Morgan fingerprint density at radius 1 is 1.33 bits per heavy atom. The predicted molar refractivity (Wildman–Crippen MR) is 87.8 cm³/mol. The summed E-state index contributed by atoms with van der Waals surface area (Å²) in [4.78, 5) is 22.5. The first-order valence-corrected chi connectivity index (χ1v) is 7.59. The van der Waals surface area contributed by atoms with Gasteiger partial charge in [0.05, 0.1) is 7.11 Å². The Morgan fingerprint density at radius 3 is 2.88 bits per heavy atom. The molecule has 1 aromatic heterocycles. The van der Waals surface area contributed by atoms with Gasteiger partial charge < -0.3 is 20.3 Å². The summed E-state index contributed by atoms with van der Waals surface area (Å²) in [5.74, 6) is 0.744. The maximum atomic E-state index is 12.9. The van der Waals surface area contributed by atoms with E-state index < -0.39 is 0 Å². The molecule has 2 amide bonds. The molecule has 1 aromatic carbocycles. The molecule has 1 atom stereocenters. The van der Waals surface area contributed by atoms with Crippen LogP contribution < -0.4 is 20.3 Å². The van der Waals surface area contributed by atoms with Gasteiger partial charge in [-0.15, -0.1) is 0 Å². The molecule has 24 heavy (non-hydrogen) atoms. The molecule has 3 rings (SSSR count). The first-order chi connectivity index (χ1) is 11.6. The Kier molecular flexibility index (Phi) is 4.74. The normalized spacial score (nSPS) is 16.8. The summed E-state index contributed by atoms with van der Waals surface area (Å²) in [5.41, 5.74) is 0.542. The zero-order chi connectivity index (χ0) is 16.9. The second-order valence-corrected chi connectivity index (χ2v) is 5.44. The Balaban J connectivity index is 1.53. The molecule has 1 saturated heterocycles. The van der Waals surface area contributed by atoms with E-state index in [0.717, 1.165) is 13.0 Å². The number of nitrogens with zero attached hydrogens (tertiary/aromatic N) is 3. The number of halogens is 1. The van der Waals surface area contributed by atoms with Gasteiger partial charge in [0.2, 0.25) is 11.8 Å². The molecule has 0 bridgehead atoms. The molecule has 1 fully saturated rings. The van der Waals surface area contributed by atoms with Crippen molar-refractivity contribution in [3.05, 3.63) is 42.3 Å². The monoisotopic (exact) mass is 331 g/mol. The van der Waals surface area contributed by atoms with Gasteiger partial charge in [0.15, 0.2) is 0 Å². The first-order valence-electron chi connectivity index (χ1n) is 7.59. The summed E-state index contributed by atoms with van der Waals surface area (Å²) in [6, 6.07) is 6.98. The Hall–Kier alpha value is -2.90. The third-order valence-corrected chi connectivity index (χ3v) is 3.73. The number of ether oxygens (including phenoxy) is 1. The van der Waals surface area contributed by atoms with Gasteiger partial charge in [0.1, 0.15) is 5.82 Å². The van der Waals surface area contributed by atoms with Crippen molar-refractivity contribution in [2.75, 3.05) is 30.4 Å². The van der Waals surface area contributed by atoms with Crippen molar-refractivity contribution >= 4 is 17.7 Å². The van der Waals surface area contributed by atoms with Gasteiger partial charge in [0, 0.05) is 37.1 Å². The summed E-state index contributed by atoms with van der Waals surface area (Å²) >= 11 is 0. The van der Waals surface area contributed by atoms with Crippen molar-refractivity contribution in [1.29, 1.82) is 0 Å². The van der Waals surface area contributed by atoms with Crippen molar-refractivity contribution in [3.8, 4) is 5.88 Å². The number of nitrogens with one attached hydrogen (secondary N) is 2. The van der Waals surface area contributed by atoms with E-state index in [9.17, 15) is 9.18 Å². The van der Waals surface area contributed by atoms with Crippen molar-refractivity contribution in [1.82, 2.24) is 15.3 Å². The van der Waals surface area contributed by atoms with Gasteiger partial charge in [-0.25, -0.2) is 14.2 Å². The fourth-order valence-electron chi connectivity index (χ4n) is 2.54. The molecule has 2 aromatic rings. The highest BCUT2D eigenvalue weighted by Crippen LogP contribution is 2.18. The number of hydrogen-bond donors (Lipinski definition) is 2. The number of hydrogen-bond acceptors (Lipinski definition) is 5. The molecule has 0 aliphatic carbocycles. The molecular weight excluding hydrogens is 313 g/mol. The van der Waals surface area contributed by atoms with Crippen LogP contribution in [0.5, 0.6) is 5.88 Å². The lowest BCUT2D eigenvalue weighted by molar-refractivity contribution is 0.249. The number of carbonyl (C=O) groups is 1. The maximum Gasteiger partial charge on any atom is 0.319 e. The van der Waals surface area contributed by atoms with Gasteiger partial charge in [-0.05, 0) is 30.7 Å². The van der Waals surface area contributed by atoms with Crippen molar-refractivity contribution in [2.45, 2.75) is 12.5 Å². The number of rotatable bonds is 4. The van der Waals surface area contributed by atoms with Gasteiger partial charge in [-0.2, -0.15) is 4.98 Å². The van der Waals surface area contributed by atoms with E-state index >= 15 is 0 Å². The first kappa shape index (κ1) is 16.0. The van der Waals surface area contributed by atoms with Crippen LogP contribution in [-0.2, 0) is 0 Å². The second kappa shape index (κ2) is 7.12. The van der Waals surface area contributed by atoms with E-state index in [0.29, 0.717) is 24.1 Å². The molecular formula is C16H18FN5O2. The van der Waals surface area contributed by atoms with Crippen LogP contribution in [0.15, 0.2) is 36.5 Å². The maximum absolute atomic E-state index is 12.9. The van der Waals surface area contributed by atoms with Crippen LogP contribution in [-0.4, -0.2) is 42.2 Å². The Labute approximate surface area is 138 Å². The smallest absolute Gasteiger partial charge is 0.319 e. The lowest BCUT2D eigenvalue weighted by Crippen LogP contribution is -2.39. The summed E-state index contributed by atoms with van der Waals surface area (Å²) in [6.07, 6.45) is 2.43. The number of urea groups is 1. The summed E-state index contributed by atoms with van der Waals surface area (Å²) in [5, 5.41) is 5.58. The van der Waals surface area contributed by atoms with E-state index in [1.165, 1.54) is 24.3 Å². The van der Waals surface area contributed by atoms with Crippen molar-refractivity contribution in [2.24, 2.45) is 0 Å². The molecule has 8 heteroatoms. The minimum atomic E-state index is -0.342. The fraction of sp³-hybridized carbons (Fsp3) is 0.312. The van der Waals surface area contributed by atoms with Gasteiger partial charge >= 0.3 is 6.03 Å². The lowest BCUT2D eigenvalue weighted by Gasteiger charge is -2.17. The highest BCUT2D eigenvalue weighted by Gasteiger charge is 2.25. The lowest BCUT2D eigenvalue weighted by atomic mass is 10.3. The molecule has 2 heterocycles. The van der Waals surface area contributed by atoms with Gasteiger partial charge in [-0.3, -0.25) is 0 Å². The second-order valence-electron chi connectivity index (χ2n) is 5.44. The van der Waals surface area contributed by atoms with Crippen molar-refractivity contribution < 1.29 is 13.9 Å². The molecule has 0 radical (unpaired) electrons. The molecule has 0 saturated carbocycles. The SMILES string of the molecule is COc1ccnc(N2CC[C@@H](NC(=O)Nc3ccc(F)cc3)C2)n1. The molecule has 0 unspecified atom stereocenters. The number of anilines is 2. The number of benzene rings is 1. The van der Waals surface area contributed by atoms with Crippen LogP contribution in [0.3, 0.4) is 0 Å². The summed E-state index contributed by atoms with van der Waals surface area (Å²) in [6.45, 7) is 1.36. The fourth-order valence-corrected chi connectivity index (χ4v) is 2.54. The molecule has 1 aliphatic heterocycles. The largest absolute Gasteiger partial charge is 0.481 e. The van der Waals surface area contributed by atoms with Crippen LogP contribution in [0.1, 0.15) is 6.42 Å². The number of carbonyl (C=O) groups excluding carboxylic acids is 1. The van der Waals surface area contributed by atoms with E-state index in [-0.39, 0.29) is 17.9 Å². The molecule has 7 nitrogen and oxygen atoms in total. The zero-order valence-corrected chi connectivity index (χ0v) is 13.2. The minimum absolute atomic E-state index is 0.0137. The van der Waals surface area contributed by atoms with Crippen LogP contribution in [0.25, 0.3) is 0 Å². The highest BCUT2D eigenvalue weighted by molar-refractivity contribution is 5.89. The van der Waals surface area contributed by atoms with Crippen molar-refractivity contribution in [3.63, 3.8) is 0 Å². The minimum Gasteiger partial charge on any atom is -0.481 e. The Bertz CT molecular complexity index is 710. The van der Waals surface area contributed by atoms with E-state index in [1.54, 1.807) is 19.4 Å². The van der Waals surface area contributed by atoms with Crippen LogP contribution in [0.4, 0.5) is 20.8 Å². The molecule has 0 spiro atoms. The van der Waals surface area contributed by atoms with E-state index in [2.05, 4.69) is 20.6 Å². The van der Waals surface area contributed by atoms with Gasteiger partial charge in [-0.1, -0.05) is 0 Å². The van der Waals surface area contributed by atoms with Crippen LogP contribution in [0.2, 0.25) is 0 Å². The Morgan fingerprint density at radius 2 is 2.12 bits per heavy atom. The summed E-state index contributed by atoms with van der Waals surface area (Å²) in [7, 11) is 1.56. The molecule has 126 valence electrons. The highest BCUT2D eigenvalue weighted by atomic mass is 19.1. The quantitative estimate of drug-likeness (QED) is 0.896. The third kappa shape index (κ3) is 3.89. The van der Waals surface area contributed by atoms with Gasteiger partial charge in [0.25, 0.3) is 0 Å². The number of amides is 2. The number of methoxy groups -OCH3 is 1. The number of aromatic nitrogens is 2. The predicted octanol–water partition coefficient (Wildman–Crippen LogP) is 2.02. The molecule has 2 N–H and O–H groups in total. The third-order valence-electron chi connectivity index (χ3n) is 3.73. The average Bonchev–Trinajstić information content (AvgIpc) is 3.05. The standard InChI is InChI=1S/C16H18FN5O2/c1-24-14-6-8-18-15(21-14)22-9-7-13(10-22)20-16(23)19-12-4-2-11(17)3-5-12/h2-6,8,13H,7,9-10H2,1H3,(H2,19,20,23)/t13-/m1/s1. The summed E-state index contributed by atoms with van der Waals surface area (Å²) < 4.78 is 18.0.